The lowest BCUT2D eigenvalue weighted by molar-refractivity contribution is -0.862. The number of rotatable bonds is 8. The van der Waals surface area contributed by atoms with E-state index in [9.17, 15) is 22.8 Å². The molecule has 10 heteroatoms. The highest BCUT2D eigenvalue weighted by molar-refractivity contribution is 5.91. The van der Waals surface area contributed by atoms with Crippen molar-refractivity contribution in [2.75, 3.05) is 25.5 Å². The van der Waals surface area contributed by atoms with Crippen LogP contribution in [0.2, 0.25) is 0 Å². The van der Waals surface area contributed by atoms with Crippen LogP contribution in [0.5, 0.6) is 5.75 Å². The van der Waals surface area contributed by atoms with Crippen molar-refractivity contribution in [3.63, 3.8) is 0 Å². The van der Waals surface area contributed by atoms with Crippen molar-refractivity contribution in [3.05, 3.63) is 48.4 Å². The summed E-state index contributed by atoms with van der Waals surface area (Å²) in [5.41, 5.74) is 0.322. The molecule has 152 valence electrons. The summed E-state index contributed by atoms with van der Waals surface area (Å²) in [5, 5.41) is 5.33. The molecule has 2 aromatic rings. The Morgan fingerprint density at radius 2 is 1.79 bits per heavy atom. The molecule has 1 aromatic heterocycles. The molecule has 0 aliphatic carbocycles. The summed E-state index contributed by atoms with van der Waals surface area (Å²) < 4.78 is 45.3. The quantitative estimate of drug-likeness (QED) is 0.627. The van der Waals surface area contributed by atoms with Crippen LogP contribution in [0.4, 0.5) is 18.9 Å². The van der Waals surface area contributed by atoms with Crippen LogP contribution in [-0.4, -0.2) is 38.3 Å². The molecule has 1 heterocycles. The lowest BCUT2D eigenvalue weighted by Gasteiger charge is -2.16. The molecule has 0 spiro atoms. The zero-order chi connectivity index (χ0) is 20.7. The summed E-state index contributed by atoms with van der Waals surface area (Å²) >= 11 is 0. The number of carbonyl (C=O) groups is 2. The number of furan rings is 1. The highest BCUT2D eigenvalue weighted by atomic mass is 19.4. The number of carbonyl (C=O) groups excluding carboxylic acids is 2. The molecular formula is C18H21F3N3O4+. The molecule has 2 atom stereocenters. The van der Waals surface area contributed by atoms with Crippen LogP contribution in [0.1, 0.15) is 18.7 Å². The molecule has 7 nitrogen and oxygen atoms in total. The molecule has 0 saturated carbocycles. The fourth-order valence-corrected chi connectivity index (χ4v) is 2.46. The van der Waals surface area contributed by atoms with E-state index < -0.39 is 6.36 Å². The van der Waals surface area contributed by atoms with Crippen molar-refractivity contribution >= 4 is 17.5 Å². The number of nitrogens with one attached hydrogen (secondary N) is 3. The van der Waals surface area contributed by atoms with Crippen molar-refractivity contribution in [2.45, 2.75) is 19.3 Å². The number of amides is 2. The normalized spacial score (nSPS) is 13.5. The lowest BCUT2D eigenvalue weighted by atomic mass is 10.2. The van der Waals surface area contributed by atoms with E-state index in [-0.39, 0.29) is 36.7 Å². The second kappa shape index (κ2) is 9.27. The van der Waals surface area contributed by atoms with E-state index in [0.29, 0.717) is 16.3 Å². The Morgan fingerprint density at radius 3 is 2.36 bits per heavy atom. The summed E-state index contributed by atoms with van der Waals surface area (Å²) in [6, 6.07) is 7.98. The van der Waals surface area contributed by atoms with E-state index in [1.807, 2.05) is 0 Å². The molecule has 0 fully saturated rings. The average molecular weight is 400 g/mol. The number of halogens is 3. The zero-order valence-corrected chi connectivity index (χ0v) is 15.3. The van der Waals surface area contributed by atoms with Gasteiger partial charge in [-0.3, -0.25) is 9.59 Å². The molecule has 0 radical (unpaired) electrons. The largest absolute Gasteiger partial charge is 0.573 e. The molecule has 0 saturated heterocycles. The summed E-state index contributed by atoms with van der Waals surface area (Å²) in [4.78, 5) is 24.7. The summed E-state index contributed by atoms with van der Waals surface area (Å²) in [6.07, 6.45) is -3.26. The van der Waals surface area contributed by atoms with Gasteiger partial charge in [0.2, 0.25) is 0 Å². The molecule has 0 aliphatic heterocycles. The van der Waals surface area contributed by atoms with Crippen LogP contribution in [0, 0.1) is 0 Å². The van der Waals surface area contributed by atoms with E-state index >= 15 is 0 Å². The predicted molar refractivity (Wildman–Crippen MR) is 93.6 cm³/mol. The highest BCUT2D eigenvalue weighted by Crippen LogP contribution is 2.23. The van der Waals surface area contributed by atoms with Crippen LogP contribution < -0.4 is 20.3 Å². The van der Waals surface area contributed by atoms with E-state index in [4.69, 9.17) is 4.42 Å². The minimum atomic E-state index is -4.77. The molecule has 0 aliphatic rings. The average Bonchev–Trinajstić information content (AvgIpc) is 3.09. The van der Waals surface area contributed by atoms with Gasteiger partial charge in [-0.2, -0.15) is 0 Å². The number of likely N-dealkylation sites (N-methyl/N-ethyl adjacent to an activating group) is 1. The fraction of sp³-hybridized carbons (Fsp3) is 0.333. The third kappa shape index (κ3) is 7.31. The van der Waals surface area contributed by atoms with Crippen molar-refractivity contribution in [1.29, 1.82) is 0 Å². The van der Waals surface area contributed by atoms with Gasteiger partial charge in [0.25, 0.3) is 11.8 Å². The van der Waals surface area contributed by atoms with Crippen LogP contribution in [0.25, 0.3) is 0 Å². The molecule has 28 heavy (non-hydrogen) atoms. The SMILES string of the molecule is C[C@H](NC(=O)C[NH+](C)CC(=O)Nc1ccc(OC(F)(F)F)cc1)c1ccco1. The molecule has 0 bridgehead atoms. The Hall–Kier alpha value is -3.01. The zero-order valence-electron chi connectivity index (χ0n) is 15.3. The number of alkyl halides is 3. The Kier molecular flexibility index (Phi) is 7.05. The Bertz CT molecular complexity index is 776. The van der Waals surface area contributed by atoms with Gasteiger partial charge in [-0.1, -0.05) is 0 Å². The first-order valence-corrected chi connectivity index (χ1v) is 8.42. The van der Waals surface area contributed by atoms with Crippen molar-refractivity contribution in [1.82, 2.24) is 5.32 Å². The first-order chi connectivity index (χ1) is 13.1. The number of ether oxygens (including phenoxy) is 1. The summed E-state index contributed by atoms with van der Waals surface area (Å²) in [5.74, 6) is -0.381. The standard InChI is InChI=1S/C18H20F3N3O4/c1-12(15-4-3-9-27-15)22-16(25)10-24(2)11-17(26)23-13-5-7-14(8-6-13)28-18(19,20)21/h3-9,12H,10-11H2,1-2H3,(H,22,25)(H,23,26)/p+1/t12-/m0/s1. The molecule has 2 rings (SSSR count). The maximum absolute atomic E-state index is 12.1. The topological polar surface area (TPSA) is 85.0 Å². The van der Waals surface area contributed by atoms with Gasteiger partial charge in [0, 0.05) is 5.69 Å². The van der Waals surface area contributed by atoms with Gasteiger partial charge in [0.1, 0.15) is 11.5 Å². The molecule has 3 N–H and O–H groups in total. The Balaban J connectivity index is 1.76. The monoisotopic (exact) mass is 400 g/mol. The number of hydrogen-bond acceptors (Lipinski definition) is 4. The van der Waals surface area contributed by atoms with Crippen molar-refractivity contribution in [3.8, 4) is 5.75 Å². The fourth-order valence-electron chi connectivity index (χ4n) is 2.46. The number of hydrogen-bond donors (Lipinski definition) is 3. The molecule has 1 unspecified atom stereocenters. The maximum atomic E-state index is 12.1. The van der Waals surface area contributed by atoms with Gasteiger partial charge in [-0.05, 0) is 43.3 Å². The highest BCUT2D eigenvalue weighted by Gasteiger charge is 2.31. The number of anilines is 1. The lowest BCUT2D eigenvalue weighted by Crippen LogP contribution is -3.11. The Labute approximate surface area is 159 Å². The van der Waals surface area contributed by atoms with E-state index in [2.05, 4.69) is 15.4 Å². The van der Waals surface area contributed by atoms with Crippen LogP contribution >= 0.6 is 0 Å². The smallest absolute Gasteiger partial charge is 0.467 e. The minimum Gasteiger partial charge on any atom is -0.467 e. The van der Waals surface area contributed by atoms with Crippen LogP contribution in [-0.2, 0) is 9.59 Å². The molecule has 1 aromatic carbocycles. The molecular weight excluding hydrogens is 379 g/mol. The summed E-state index contributed by atoms with van der Waals surface area (Å²) in [7, 11) is 1.68. The van der Waals surface area contributed by atoms with Crippen LogP contribution in [0.3, 0.4) is 0 Å². The van der Waals surface area contributed by atoms with E-state index in [1.54, 1.807) is 26.1 Å². The number of benzene rings is 1. The van der Waals surface area contributed by atoms with Crippen molar-refractivity contribution < 1.29 is 36.8 Å². The predicted octanol–water partition coefficient (Wildman–Crippen LogP) is 1.51. The van der Waals surface area contributed by atoms with Gasteiger partial charge in [-0.15, -0.1) is 13.2 Å². The van der Waals surface area contributed by atoms with E-state index in [0.717, 1.165) is 12.1 Å². The van der Waals surface area contributed by atoms with Crippen LogP contribution in [0.15, 0.2) is 47.1 Å². The second-order valence-electron chi connectivity index (χ2n) is 6.24. The molecule has 2 amide bonds. The van der Waals surface area contributed by atoms with Gasteiger partial charge in [-0.25, -0.2) is 0 Å². The van der Waals surface area contributed by atoms with Crippen molar-refractivity contribution in [2.24, 2.45) is 0 Å². The van der Waals surface area contributed by atoms with E-state index in [1.165, 1.54) is 18.4 Å². The van der Waals surface area contributed by atoms with Gasteiger partial charge in [0.05, 0.1) is 19.4 Å². The third-order valence-corrected chi connectivity index (χ3v) is 3.64. The minimum absolute atomic E-state index is 0.00333. The first-order valence-electron chi connectivity index (χ1n) is 8.42. The third-order valence-electron chi connectivity index (χ3n) is 3.64. The Morgan fingerprint density at radius 1 is 1.14 bits per heavy atom. The first kappa shape index (κ1) is 21.3. The second-order valence-corrected chi connectivity index (χ2v) is 6.24. The van der Waals surface area contributed by atoms with Gasteiger partial charge < -0.3 is 24.7 Å². The maximum Gasteiger partial charge on any atom is 0.573 e. The summed E-state index contributed by atoms with van der Waals surface area (Å²) in [6.45, 7) is 1.85. The van der Waals surface area contributed by atoms with Gasteiger partial charge >= 0.3 is 6.36 Å². The number of quaternary nitrogens is 1. The van der Waals surface area contributed by atoms with Gasteiger partial charge in [0.15, 0.2) is 13.1 Å².